The predicted octanol–water partition coefficient (Wildman–Crippen LogP) is 2.14. The first-order chi connectivity index (χ1) is 8.60. The van der Waals surface area contributed by atoms with E-state index in [1.54, 1.807) is 19.4 Å². The van der Waals surface area contributed by atoms with Crippen LogP contribution in [0.3, 0.4) is 0 Å². The average Bonchev–Trinajstić information content (AvgIpc) is 2.97. The second-order valence-electron chi connectivity index (χ2n) is 4.81. The fourth-order valence-electron chi connectivity index (χ4n) is 1.79. The van der Waals surface area contributed by atoms with Crippen LogP contribution in [0.15, 0.2) is 22.1 Å². The normalized spacial score (nSPS) is 18.5. The van der Waals surface area contributed by atoms with Crippen molar-refractivity contribution in [1.82, 2.24) is 10.3 Å². The first-order valence-corrected chi connectivity index (χ1v) is 7.12. The summed E-state index contributed by atoms with van der Waals surface area (Å²) in [6, 6.07) is 0.394. The number of carboxylic acid groups (broad SMARTS) is 1. The summed E-state index contributed by atoms with van der Waals surface area (Å²) in [4.78, 5) is 15.3. The zero-order chi connectivity index (χ0) is 13.0. The first-order valence-electron chi connectivity index (χ1n) is 6.13. The van der Waals surface area contributed by atoms with Gasteiger partial charge in [0, 0.05) is 11.8 Å². The van der Waals surface area contributed by atoms with E-state index in [2.05, 4.69) is 10.3 Å². The number of hydrogen-bond acceptors (Lipinski definition) is 5. The van der Waals surface area contributed by atoms with Crippen LogP contribution in [0, 0.1) is 0 Å². The van der Waals surface area contributed by atoms with E-state index in [-0.39, 0.29) is 0 Å². The number of thioether (sulfide) groups is 1. The van der Waals surface area contributed by atoms with Crippen LogP contribution in [0.5, 0.6) is 0 Å². The molecule has 1 aromatic rings. The standard InChI is InChI=1S/C12H18N2O3S/c1-12(10(15)16,14-9-3-4-9)5-2-8-18-11-13-6-7-17-11/h6-7,9,14H,2-5,8H2,1H3,(H,15,16). The number of hydrogen-bond donors (Lipinski definition) is 2. The lowest BCUT2D eigenvalue weighted by atomic mass is 9.96. The van der Waals surface area contributed by atoms with Crippen molar-refractivity contribution in [2.24, 2.45) is 0 Å². The molecule has 5 nitrogen and oxygen atoms in total. The third kappa shape index (κ3) is 3.74. The Kier molecular flexibility index (Phi) is 4.29. The van der Waals surface area contributed by atoms with Gasteiger partial charge in [0.25, 0.3) is 5.22 Å². The highest BCUT2D eigenvalue weighted by Gasteiger charge is 2.37. The van der Waals surface area contributed by atoms with Crippen molar-refractivity contribution in [2.75, 3.05) is 5.75 Å². The van der Waals surface area contributed by atoms with Gasteiger partial charge in [-0.1, -0.05) is 11.8 Å². The van der Waals surface area contributed by atoms with Gasteiger partial charge in [-0.15, -0.1) is 0 Å². The lowest BCUT2D eigenvalue weighted by Gasteiger charge is -2.26. The van der Waals surface area contributed by atoms with Crippen LogP contribution >= 0.6 is 11.8 Å². The zero-order valence-corrected chi connectivity index (χ0v) is 11.2. The minimum atomic E-state index is -0.807. The Balaban J connectivity index is 1.73. The second kappa shape index (κ2) is 5.75. The van der Waals surface area contributed by atoms with E-state index in [4.69, 9.17) is 4.42 Å². The van der Waals surface area contributed by atoms with Crippen molar-refractivity contribution in [3.05, 3.63) is 12.5 Å². The van der Waals surface area contributed by atoms with Crippen molar-refractivity contribution < 1.29 is 14.3 Å². The molecule has 1 heterocycles. The molecule has 6 heteroatoms. The molecule has 2 rings (SSSR count). The monoisotopic (exact) mass is 270 g/mol. The molecule has 0 spiro atoms. The molecule has 1 atom stereocenters. The number of rotatable bonds is 8. The van der Waals surface area contributed by atoms with Crippen LogP contribution in [0.25, 0.3) is 0 Å². The number of oxazole rings is 1. The molecule has 18 heavy (non-hydrogen) atoms. The Hall–Kier alpha value is -1.01. The van der Waals surface area contributed by atoms with E-state index < -0.39 is 11.5 Å². The summed E-state index contributed by atoms with van der Waals surface area (Å²) >= 11 is 1.52. The van der Waals surface area contributed by atoms with Gasteiger partial charge in [0.2, 0.25) is 0 Å². The highest BCUT2D eigenvalue weighted by Crippen LogP contribution is 2.26. The highest BCUT2D eigenvalue weighted by molar-refractivity contribution is 7.99. The molecular formula is C12H18N2O3S. The van der Waals surface area contributed by atoms with E-state index in [0.717, 1.165) is 25.0 Å². The van der Waals surface area contributed by atoms with Crippen molar-refractivity contribution >= 4 is 17.7 Å². The molecule has 1 unspecified atom stereocenters. The Bertz CT molecular complexity index is 392. The van der Waals surface area contributed by atoms with Gasteiger partial charge in [-0.25, -0.2) is 4.98 Å². The molecule has 1 aromatic heterocycles. The Morgan fingerprint density at radius 3 is 3.06 bits per heavy atom. The molecule has 2 N–H and O–H groups in total. The van der Waals surface area contributed by atoms with Crippen molar-refractivity contribution in [3.8, 4) is 0 Å². The summed E-state index contributed by atoms with van der Waals surface area (Å²) in [5, 5.41) is 13.1. The van der Waals surface area contributed by atoms with Gasteiger partial charge in [-0.3, -0.25) is 10.1 Å². The number of nitrogens with zero attached hydrogens (tertiary/aromatic N) is 1. The smallest absolute Gasteiger partial charge is 0.323 e. The minimum Gasteiger partial charge on any atom is -0.480 e. The minimum absolute atomic E-state index is 0.394. The predicted molar refractivity (Wildman–Crippen MR) is 68.7 cm³/mol. The number of nitrogens with one attached hydrogen (secondary N) is 1. The van der Waals surface area contributed by atoms with Gasteiger partial charge in [0.15, 0.2) is 0 Å². The molecule has 0 radical (unpaired) electrons. The number of carboxylic acids is 1. The van der Waals surface area contributed by atoms with Crippen molar-refractivity contribution in [3.63, 3.8) is 0 Å². The molecule has 0 saturated heterocycles. The Labute approximate surface area is 110 Å². The molecular weight excluding hydrogens is 252 g/mol. The van der Waals surface area contributed by atoms with E-state index in [1.807, 2.05) is 0 Å². The lowest BCUT2D eigenvalue weighted by Crippen LogP contribution is -2.50. The molecule has 0 amide bonds. The van der Waals surface area contributed by atoms with Crippen LogP contribution in [0.1, 0.15) is 32.6 Å². The summed E-state index contributed by atoms with van der Waals surface area (Å²) < 4.78 is 5.11. The van der Waals surface area contributed by atoms with Crippen molar-refractivity contribution in [1.29, 1.82) is 0 Å². The van der Waals surface area contributed by atoms with Crippen LogP contribution in [-0.2, 0) is 4.79 Å². The van der Waals surface area contributed by atoms with Crippen LogP contribution < -0.4 is 5.32 Å². The molecule has 0 bridgehead atoms. The maximum Gasteiger partial charge on any atom is 0.323 e. The highest BCUT2D eigenvalue weighted by atomic mass is 32.2. The summed E-state index contributed by atoms with van der Waals surface area (Å²) in [5.41, 5.74) is -0.807. The molecule has 0 aliphatic heterocycles. The summed E-state index contributed by atoms with van der Waals surface area (Å²) in [5.74, 6) is 0.0472. The van der Waals surface area contributed by atoms with Crippen molar-refractivity contribution in [2.45, 2.75) is 49.4 Å². The molecule has 100 valence electrons. The van der Waals surface area contributed by atoms with Gasteiger partial charge < -0.3 is 9.52 Å². The lowest BCUT2D eigenvalue weighted by molar-refractivity contribution is -0.144. The average molecular weight is 270 g/mol. The summed E-state index contributed by atoms with van der Waals surface area (Å²) in [6.45, 7) is 1.77. The fourth-order valence-corrected chi connectivity index (χ4v) is 2.51. The Morgan fingerprint density at radius 1 is 1.72 bits per heavy atom. The zero-order valence-electron chi connectivity index (χ0n) is 10.4. The van der Waals surface area contributed by atoms with E-state index >= 15 is 0 Å². The quantitative estimate of drug-likeness (QED) is 0.557. The van der Waals surface area contributed by atoms with Gasteiger partial charge in [-0.2, -0.15) is 0 Å². The van der Waals surface area contributed by atoms with Crippen LogP contribution in [0.2, 0.25) is 0 Å². The summed E-state index contributed by atoms with van der Waals surface area (Å²) in [7, 11) is 0. The SMILES string of the molecule is CC(CCCSc1ncco1)(NC1CC1)C(=O)O. The molecule has 1 aliphatic carbocycles. The van der Waals surface area contributed by atoms with Crippen LogP contribution in [-0.4, -0.2) is 33.4 Å². The largest absolute Gasteiger partial charge is 0.480 e. The maximum absolute atomic E-state index is 11.3. The number of aromatic nitrogens is 1. The fraction of sp³-hybridized carbons (Fsp3) is 0.667. The molecule has 1 fully saturated rings. The Morgan fingerprint density at radius 2 is 2.50 bits per heavy atom. The topological polar surface area (TPSA) is 75.4 Å². The number of carbonyl (C=O) groups is 1. The van der Waals surface area contributed by atoms with E-state index in [9.17, 15) is 9.90 Å². The van der Waals surface area contributed by atoms with Gasteiger partial charge in [-0.05, 0) is 32.6 Å². The van der Waals surface area contributed by atoms with E-state index in [0.29, 0.717) is 17.7 Å². The first kappa shape index (κ1) is 13.4. The van der Waals surface area contributed by atoms with Crippen LogP contribution in [0.4, 0.5) is 0 Å². The number of aliphatic carboxylic acids is 1. The van der Waals surface area contributed by atoms with Gasteiger partial charge in [0.1, 0.15) is 11.8 Å². The third-order valence-corrected chi connectivity index (χ3v) is 3.97. The second-order valence-corrected chi connectivity index (χ2v) is 5.85. The third-order valence-electron chi connectivity index (χ3n) is 3.03. The molecule has 0 aromatic carbocycles. The van der Waals surface area contributed by atoms with Gasteiger partial charge in [0.05, 0.1) is 6.20 Å². The molecule has 1 saturated carbocycles. The molecule has 1 aliphatic rings. The van der Waals surface area contributed by atoms with Gasteiger partial charge >= 0.3 is 5.97 Å². The maximum atomic E-state index is 11.3. The van der Waals surface area contributed by atoms with E-state index in [1.165, 1.54) is 11.8 Å². The summed E-state index contributed by atoms with van der Waals surface area (Å²) in [6.07, 6.45) is 6.76.